The van der Waals surface area contributed by atoms with E-state index in [-0.39, 0.29) is 0 Å². The Morgan fingerprint density at radius 3 is 2.92 bits per heavy atom. The Balaban J connectivity index is 1.95. The molecule has 3 heteroatoms. The molecule has 1 heterocycles. The van der Waals surface area contributed by atoms with Crippen LogP contribution in [0, 0.1) is 17.8 Å². The summed E-state index contributed by atoms with van der Waals surface area (Å²) in [6.07, 6.45) is 2.76. The van der Waals surface area contributed by atoms with Crippen LogP contribution in [-0.4, -0.2) is 24.2 Å². The van der Waals surface area contributed by atoms with E-state index in [4.69, 9.17) is 5.11 Å². The van der Waals surface area contributed by atoms with Gasteiger partial charge in [0.1, 0.15) is 0 Å². The maximum Gasteiger partial charge on any atom is 0.303 e. The molecule has 0 amide bonds. The van der Waals surface area contributed by atoms with Crippen LogP contribution in [0.4, 0.5) is 0 Å². The predicted octanol–water partition coefficient (Wildman–Crippen LogP) is 0.707. The van der Waals surface area contributed by atoms with E-state index in [0.717, 1.165) is 25.4 Å². The molecule has 3 nitrogen and oxygen atoms in total. The van der Waals surface area contributed by atoms with Gasteiger partial charge in [0.2, 0.25) is 0 Å². The van der Waals surface area contributed by atoms with E-state index in [1.165, 1.54) is 6.42 Å². The maximum atomic E-state index is 10.5. The van der Waals surface area contributed by atoms with Gasteiger partial charge in [0.25, 0.3) is 0 Å². The molecule has 2 rings (SSSR count). The highest BCUT2D eigenvalue weighted by molar-refractivity contribution is 5.67. The third-order valence-corrected chi connectivity index (χ3v) is 3.22. The lowest BCUT2D eigenvalue weighted by molar-refractivity contribution is -0.138. The first-order valence-electron chi connectivity index (χ1n) is 4.68. The minimum absolute atomic E-state index is 0.378. The lowest BCUT2D eigenvalue weighted by atomic mass is 9.93. The molecule has 2 bridgehead atoms. The van der Waals surface area contributed by atoms with Gasteiger partial charge in [-0.2, -0.15) is 0 Å². The minimum atomic E-state index is -0.632. The number of fused-ring (bicyclic) bond motifs is 2. The topological polar surface area (TPSA) is 49.3 Å². The van der Waals surface area contributed by atoms with E-state index in [2.05, 4.69) is 5.32 Å². The Morgan fingerprint density at radius 2 is 2.25 bits per heavy atom. The molecular formula is C9H15NO2. The molecule has 2 aliphatic rings. The second-order valence-corrected chi connectivity index (χ2v) is 4.11. The summed E-state index contributed by atoms with van der Waals surface area (Å²) in [7, 11) is 0. The van der Waals surface area contributed by atoms with Crippen LogP contribution in [0.3, 0.4) is 0 Å². The summed E-state index contributed by atoms with van der Waals surface area (Å²) in [5, 5.41) is 12.0. The molecule has 0 aromatic carbocycles. The van der Waals surface area contributed by atoms with E-state index in [0.29, 0.717) is 18.3 Å². The Morgan fingerprint density at radius 1 is 1.42 bits per heavy atom. The fourth-order valence-corrected chi connectivity index (χ4v) is 2.70. The van der Waals surface area contributed by atoms with E-state index in [9.17, 15) is 4.79 Å². The van der Waals surface area contributed by atoms with Gasteiger partial charge in [0, 0.05) is 6.42 Å². The lowest BCUT2D eigenvalue weighted by Gasteiger charge is -2.21. The summed E-state index contributed by atoms with van der Waals surface area (Å²) in [5.41, 5.74) is 0. The molecule has 12 heavy (non-hydrogen) atoms. The van der Waals surface area contributed by atoms with Crippen LogP contribution >= 0.6 is 0 Å². The number of aliphatic carboxylic acids is 1. The van der Waals surface area contributed by atoms with Crippen molar-refractivity contribution in [2.45, 2.75) is 19.3 Å². The quantitative estimate of drug-likeness (QED) is 0.640. The van der Waals surface area contributed by atoms with Gasteiger partial charge in [-0.3, -0.25) is 4.79 Å². The predicted molar refractivity (Wildman–Crippen MR) is 44.8 cm³/mol. The van der Waals surface area contributed by atoms with Crippen LogP contribution in [0.25, 0.3) is 0 Å². The average Bonchev–Trinajstić information content (AvgIpc) is 2.26. The van der Waals surface area contributed by atoms with Gasteiger partial charge in [-0.25, -0.2) is 0 Å². The number of nitrogens with one attached hydrogen (secondary N) is 1. The third kappa shape index (κ3) is 1.46. The van der Waals surface area contributed by atoms with Gasteiger partial charge in [-0.1, -0.05) is 0 Å². The fourth-order valence-electron chi connectivity index (χ4n) is 2.70. The summed E-state index contributed by atoms with van der Waals surface area (Å²) in [5.74, 6) is 1.21. The van der Waals surface area contributed by atoms with Crippen molar-refractivity contribution in [3.63, 3.8) is 0 Å². The van der Waals surface area contributed by atoms with Crippen LogP contribution in [0.1, 0.15) is 19.3 Å². The zero-order valence-electron chi connectivity index (χ0n) is 7.12. The highest BCUT2D eigenvalue weighted by Gasteiger charge is 2.37. The van der Waals surface area contributed by atoms with E-state index >= 15 is 0 Å². The largest absolute Gasteiger partial charge is 0.481 e. The summed E-state index contributed by atoms with van der Waals surface area (Å²) in [6.45, 7) is 2.14. The van der Waals surface area contributed by atoms with Crippen molar-refractivity contribution in [3.8, 4) is 0 Å². The monoisotopic (exact) mass is 169 g/mol. The van der Waals surface area contributed by atoms with Gasteiger partial charge in [-0.05, 0) is 43.7 Å². The Hall–Kier alpha value is -0.570. The van der Waals surface area contributed by atoms with Crippen LogP contribution in [0.2, 0.25) is 0 Å². The molecule has 0 radical (unpaired) electrons. The van der Waals surface area contributed by atoms with Crippen molar-refractivity contribution in [1.82, 2.24) is 5.32 Å². The number of hydrogen-bond donors (Lipinski definition) is 2. The molecule has 1 saturated carbocycles. The van der Waals surface area contributed by atoms with Crippen LogP contribution in [-0.2, 0) is 4.79 Å². The Kier molecular flexibility index (Phi) is 2.05. The summed E-state index contributed by atoms with van der Waals surface area (Å²) < 4.78 is 0. The second-order valence-electron chi connectivity index (χ2n) is 4.11. The molecular weight excluding hydrogens is 154 g/mol. The van der Waals surface area contributed by atoms with Crippen LogP contribution in [0.15, 0.2) is 0 Å². The molecule has 0 unspecified atom stereocenters. The van der Waals surface area contributed by atoms with E-state index in [1.54, 1.807) is 0 Å². The Bertz CT molecular complexity index is 193. The Labute approximate surface area is 72.2 Å². The lowest BCUT2D eigenvalue weighted by Crippen LogP contribution is -2.32. The first kappa shape index (κ1) is 8.05. The molecule has 0 aromatic heterocycles. The first-order chi connectivity index (χ1) is 5.75. The molecule has 2 N–H and O–H groups in total. The van der Waals surface area contributed by atoms with Crippen molar-refractivity contribution < 1.29 is 9.90 Å². The van der Waals surface area contributed by atoms with Crippen molar-refractivity contribution in [2.75, 3.05) is 13.1 Å². The first-order valence-corrected chi connectivity index (χ1v) is 4.68. The van der Waals surface area contributed by atoms with Crippen molar-refractivity contribution >= 4 is 5.97 Å². The highest BCUT2D eigenvalue weighted by atomic mass is 16.4. The molecule has 1 aliphatic heterocycles. The number of rotatable bonds is 2. The van der Waals surface area contributed by atoms with Crippen molar-refractivity contribution in [3.05, 3.63) is 0 Å². The number of hydrogen-bond acceptors (Lipinski definition) is 2. The normalized spacial score (nSPS) is 39.8. The number of carboxylic acid groups (broad SMARTS) is 1. The molecule has 68 valence electrons. The van der Waals surface area contributed by atoms with Gasteiger partial charge < -0.3 is 10.4 Å². The molecule has 0 spiro atoms. The van der Waals surface area contributed by atoms with Gasteiger partial charge >= 0.3 is 5.97 Å². The third-order valence-electron chi connectivity index (χ3n) is 3.22. The van der Waals surface area contributed by atoms with E-state index in [1.807, 2.05) is 0 Å². The van der Waals surface area contributed by atoms with Crippen LogP contribution < -0.4 is 5.32 Å². The van der Waals surface area contributed by atoms with Gasteiger partial charge in [0.15, 0.2) is 0 Å². The maximum absolute atomic E-state index is 10.5. The SMILES string of the molecule is O=C(O)C[C@H]1C[C@H]2CNC[C@@H]1C2. The smallest absolute Gasteiger partial charge is 0.303 e. The number of carboxylic acids is 1. The number of piperidine rings is 1. The van der Waals surface area contributed by atoms with Crippen LogP contribution in [0.5, 0.6) is 0 Å². The molecule has 1 aliphatic carbocycles. The van der Waals surface area contributed by atoms with E-state index < -0.39 is 5.97 Å². The van der Waals surface area contributed by atoms with Crippen molar-refractivity contribution in [2.24, 2.45) is 17.8 Å². The minimum Gasteiger partial charge on any atom is -0.481 e. The zero-order chi connectivity index (χ0) is 8.55. The zero-order valence-corrected chi connectivity index (χ0v) is 7.12. The summed E-state index contributed by atoms with van der Waals surface area (Å²) >= 11 is 0. The molecule has 2 fully saturated rings. The van der Waals surface area contributed by atoms with Crippen molar-refractivity contribution in [1.29, 1.82) is 0 Å². The standard InChI is InChI=1S/C9H15NO2/c11-9(12)3-7-1-6-2-8(7)5-10-4-6/h6-8,10H,1-5H2,(H,11,12)/t6-,7-,8+/m1/s1. The van der Waals surface area contributed by atoms with Gasteiger partial charge in [0.05, 0.1) is 0 Å². The highest BCUT2D eigenvalue weighted by Crippen LogP contribution is 2.39. The second kappa shape index (κ2) is 3.05. The molecule has 3 atom stereocenters. The molecule has 1 saturated heterocycles. The average molecular weight is 169 g/mol. The number of carbonyl (C=O) groups is 1. The van der Waals surface area contributed by atoms with Gasteiger partial charge in [-0.15, -0.1) is 0 Å². The fraction of sp³-hybridized carbons (Fsp3) is 0.889. The molecule has 0 aromatic rings. The summed E-state index contributed by atoms with van der Waals surface area (Å²) in [6, 6.07) is 0. The summed E-state index contributed by atoms with van der Waals surface area (Å²) in [4.78, 5) is 10.5.